The highest BCUT2D eigenvalue weighted by Crippen LogP contribution is 2.15. The molecule has 0 radical (unpaired) electrons. The number of carbonyl (C=O) groups excluding carboxylic acids is 1. The summed E-state index contributed by atoms with van der Waals surface area (Å²) in [5.74, 6) is 1.03. The third kappa shape index (κ3) is 3.68. The molecule has 3 aromatic heterocycles. The van der Waals surface area contributed by atoms with Crippen molar-refractivity contribution in [3.05, 3.63) is 41.0 Å². The van der Waals surface area contributed by atoms with Gasteiger partial charge in [-0.1, -0.05) is 5.21 Å². The van der Waals surface area contributed by atoms with Crippen molar-refractivity contribution in [2.75, 3.05) is 18.4 Å². The Labute approximate surface area is 150 Å². The highest BCUT2D eigenvalue weighted by molar-refractivity contribution is 5.91. The number of anilines is 1. The van der Waals surface area contributed by atoms with Crippen molar-refractivity contribution in [2.24, 2.45) is 7.05 Å². The molecule has 2 N–H and O–H groups in total. The summed E-state index contributed by atoms with van der Waals surface area (Å²) in [5, 5.41) is 26.2. The average Bonchev–Trinajstić information content (AvgIpc) is 3.18. The first kappa shape index (κ1) is 17.5. The molecule has 10 heteroatoms. The van der Waals surface area contributed by atoms with Crippen LogP contribution in [0.5, 0.6) is 0 Å². The summed E-state index contributed by atoms with van der Waals surface area (Å²) in [4.78, 5) is 11.8. The lowest BCUT2D eigenvalue weighted by atomic mass is 10.2. The number of amides is 1. The lowest BCUT2D eigenvalue weighted by Gasteiger charge is -2.07. The van der Waals surface area contributed by atoms with Gasteiger partial charge in [-0.2, -0.15) is 5.10 Å². The molecule has 0 aromatic carbocycles. The summed E-state index contributed by atoms with van der Waals surface area (Å²) < 4.78 is 3.26. The molecule has 0 aliphatic heterocycles. The van der Waals surface area contributed by atoms with Crippen molar-refractivity contribution in [1.29, 1.82) is 0 Å². The zero-order valence-electron chi connectivity index (χ0n) is 15.2. The summed E-state index contributed by atoms with van der Waals surface area (Å²) >= 11 is 0. The number of carbonyl (C=O) groups is 1. The molecule has 3 rings (SSSR count). The van der Waals surface area contributed by atoms with Crippen molar-refractivity contribution < 1.29 is 4.79 Å². The van der Waals surface area contributed by atoms with Gasteiger partial charge in [0.25, 0.3) is 5.91 Å². The van der Waals surface area contributed by atoms with Crippen LogP contribution in [0.2, 0.25) is 0 Å². The van der Waals surface area contributed by atoms with Crippen LogP contribution in [0.4, 0.5) is 5.82 Å². The molecule has 3 heterocycles. The average molecular weight is 355 g/mol. The van der Waals surface area contributed by atoms with Crippen molar-refractivity contribution in [1.82, 2.24) is 40.3 Å². The zero-order chi connectivity index (χ0) is 18.7. The zero-order valence-corrected chi connectivity index (χ0v) is 15.2. The highest BCUT2D eigenvalue weighted by Gasteiger charge is 2.11. The summed E-state index contributed by atoms with van der Waals surface area (Å²) in [6.07, 6.45) is 1.56. The van der Waals surface area contributed by atoms with E-state index in [4.69, 9.17) is 0 Å². The number of aromatic nitrogens is 7. The second kappa shape index (κ2) is 7.30. The number of nitrogens with zero attached hydrogens (tertiary/aromatic N) is 7. The Kier molecular flexibility index (Phi) is 4.92. The molecule has 136 valence electrons. The van der Waals surface area contributed by atoms with Crippen LogP contribution >= 0.6 is 0 Å². The van der Waals surface area contributed by atoms with Crippen molar-refractivity contribution in [2.45, 2.75) is 20.8 Å². The fourth-order valence-corrected chi connectivity index (χ4v) is 2.38. The predicted octanol–water partition coefficient (Wildman–Crippen LogP) is 0.558. The molecular weight excluding hydrogens is 334 g/mol. The predicted molar refractivity (Wildman–Crippen MR) is 95.2 cm³/mol. The standard InChI is InChI=1S/C16H21N9O/c1-10-11(2)22-25(12(10)3)15-6-5-14(20-21-15)17-7-8-18-16(26)13-9-24(4)23-19-13/h5-6,9H,7-8H2,1-4H3,(H,17,20)(H,18,26). The van der Waals surface area contributed by atoms with Crippen molar-refractivity contribution >= 4 is 11.7 Å². The fraction of sp³-hybridized carbons (Fsp3) is 0.375. The number of nitrogens with one attached hydrogen (secondary N) is 2. The smallest absolute Gasteiger partial charge is 0.273 e. The normalized spacial score (nSPS) is 10.8. The number of aryl methyl sites for hydroxylation is 2. The molecule has 0 spiro atoms. The van der Waals surface area contributed by atoms with E-state index >= 15 is 0 Å². The molecule has 0 aliphatic rings. The maximum Gasteiger partial charge on any atom is 0.273 e. The van der Waals surface area contributed by atoms with E-state index in [1.165, 1.54) is 4.68 Å². The van der Waals surface area contributed by atoms with E-state index in [1.54, 1.807) is 17.9 Å². The second-order valence-electron chi connectivity index (χ2n) is 5.94. The Bertz CT molecular complexity index is 910. The third-order valence-corrected chi connectivity index (χ3v) is 4.07. The minimum atomic E-state index is -0.263. The first-order valence-corrected chi connectivity index (χ1v) is 8.21. The molecule has 0 bridgehead atoms. The van der Waals surface area contributed by atoms with Crippen LogP contribution in [0.3, 0.4) is 0 Å². The van der Waals surface area contributed by atoms with Gasteiger partial charge in [-0.3, -0.25) is 9.48 Å². The molecule has 3 aromatic rings. The van der Waals surface area contributed by atoms with Crippen LogP contribution in [0.15, 0.2) is 18.3 Å². The van der Waals surface area contributed by atoms with E-state index in [-0.39, 0.29) is 11.6 Å². The van der Waals surface area contributed by atoms with Gasteiger partial charge in [0.2, 0.25) is 0 Å². The Morgan fingerprint density at radius 1 is 1.12 bits per heavy atom. The highest BCUT2D eigenvalue weighted by atomic mass is 16.2. The van der Waals surface area contributed by atoms with Gasteiger partial charge in [-0.25, -0.2) is 4.68 Å². The largest absolute Gasteiger partial charge is 0.367 e. The first-order valence-electron chi connectivity index (χ1n) is 8.21. The van der Waals surface area contributed by atoms with Gasteiger partial charge in [-0.05, 0) is 38.5 Å². The summed E-state index contributed by atoms with van der Waals surface area (Å²) in [7, 11) is 1.71. The fourth-order valence-electron chi connectivity index (χ4n) is 2.38. The van der Waals surface area contributed by atoms with Crippen LogP contribution in [0.25, 0.3) is 5.82 Å². The lowest BCUT2D eigenvalue weighted by Crippen LogP contribution is -2.29. The minimum absolute atomic E-state index is 0.263. The van der Waals surface area contributed by atoms with E-state index < -0.39 is 0 Å². The maximum absolute atomic E-state index is 11.8. The molecule has 0 saturated heterocycles. The second-order valence-corrected chi connectivity index (χ2v) is 5.94. The maximum atomic E-state index is 11.8. The van der Waals surface area contributed by atoms with Gasteiger partial charge in [0.15, 0.2) is 11.5 Å². The van der Waals surface area contributed by atoms with Crippen molar-refractivity contribution in [3.63, 3.8) is 0 Å². The van der Waals surface area contributed by atoms with Crippen LogP contribution in [-0.2, 0) is 7.05 Å². The summed E-state index contributed by atoms with van der Waals surface area (Å²) in [5.41, 5.74) is 3.46. The van der Waals surface area contributed by atoms with Gasteiger partial charge >= 0.3 is 0 Å². The van der Waals surface area contributed by atoms with E-state index in [2.05, 4.69) is 36.2 Å². The Morgan fingerprint density at radius 3 is 2.50 bits per heavy atom. The monoisotopic (exact) mass is 355 g/mol. The van der Waals surface area contributed by atoms with Crippen LogP contribution in [0.1, 0.15) is 27.4 Å². The summed E-state index contributed by atoms with van der Waals surface area (Å²) in [6.45, 7) is 6.95. The van der Waals surface area contributed by atoms with E-state index in [0.717, 1.165) is 17.0 Å². The molecular formula is C16H21N9O. The van der Waals surface area contributed by atoms with Gasteiger partial charge in [0.1, 0.15) is 5.82 Å². The van der Waals surface area contributed by atoms with E-state index in [0.29, 0.717) is 24.7 Å². The molecule has 0 aliphatic carbocycles. The molecule has 1 amide bonds. The quantitative estimate of drug-likeness (QED) is 0.621. The van der Waals surface area contributed by atoms with Gasteiger partial charge in [0.05, 0.1) is 11.9 Å². The number of rotatable bonds is 6. The Balaban J connectivity index is 1.51. The molecule has 10 nitrogen and oxygen atoms in total. The molecule has 0 saturated carbocycles. The van der Waals surface area contributed by atoms with Gasteiger partial charge < -0.3 is 10.6 Å². The molecule has 0 atom stereocenters. The molecule has 0 fully saturated rings. The number of hydrogen-bond acceptors (Lipinski definition) is 7. The SMILES string of the molecule is Cc1nn(-c2ccc(NCCNC(=O)c3cn(C)nn3)nn2)c(C)c1C. The van der Waals surface area contributed by atoms with Crippen LogP contribution in [-0.4, -0.2) is 54.0 Å². The van der Waals surface area contributed by atoms with Crippen molar-refractivity contribution in [3.8, 4) is 5.82 Å². The first-order chi connectivity index (χ1) is 12.5. The molecule has 0 unspecified atom stereocenters. The van der Waals surface area contributed by atoms with Gasteiger partial charge in [0, 0.05) is 25.8 Å². The van der Waals surface area contributed by atoms with Crippen LogP contribution in [0, 0.1) is 20.8 Å². The lowest BCUT2D eigenvalue weighted by molar-refractivity contribution is 0.0950. The topological polar surface area (TPSA) is 115 Å². The Hall–Kier alpha value is -3.30. The summed E-state index contributed by atoms with van der Waals surface area (Å²) in [6, 6.07) is 3.69. The van der Waals surface area contributed by atoms with E-state index in [9.17, 15) is 4.79 Å². The van der Waals surface area contributed by atoms with E-state index in [1.807, 2.05) is 32.9 Å². The third-order valence-electron chi connectivity index (χ3n) is 4.07. The minimum Gasteiger partial charge on any atom is -0.367 e. The number of hydrogen-bond donors (Lipinski definition) is 2. The Morgan fingerprint density at radius 2 is 1.92 bits per heavy atom. The van der Waals surface area contributed by atoms with Crippen LogP contribution < -0.4 is 10.6 Å². The van der Waals surface area contributed by atoms with Gasteiger partial charge in [-0.15, -0.1) is 15.3 Å². The molecule has 26 heavy (non-hydrogen) atoms.